The van der Waals surface area contributed by atoms with Crippen molar-refractivity contribution < 1.29 is 19.1 Å². The highest BCUT2D eigenvalue weighted by molar-refractivity contribution is 6.02. The smallest absolute Gasteiger partial charge is 0.410 e. The summed E-state index contributed by atoms with van der Waals surface area (Å²) in [5.74, 6) is 0.276. The quantitative estimate of drug-likeness (QED) is 0.570. The largest absolute Gasteiger partial charge is 0.444 e. The number of hydrogen-bond donors (Lipinski definition) is 3. The first-order valence-corrected chi connectivity index (χ1v) is 13.1. The highest BCUT2D eigenvalue weighted by Crippen LogP contribution is 2.47. The molecule has 1 aliphatic carbocycles. The van der Waals surface area contributed by atoms with Crippen LogP contribution < -0.4 is 16.0 Å². The van der Waals surface area contributed by atoms with Crippen LogP contribution in [0.4, 0.5) is 16.3 Å². The van der Waals surface area contributed by atoms with Crippen LogP contribution in [0, 0.1) is 0 Å². The monoisotopic (exact) mass is 505 g/mol. The maximum absolute atomic E-state index is 12.8. The Balaban J connectivity index is 1.19. The molecule has 0 spiro atoms. The summed E-state index contributed by atoms with van der Waals surface area (Å²) in [6, 6.07) is 9.85. The molecule has 3 N–H and O–H groups in total. The lowest BCUT2D eigenvalue weighted by Crippen LogP contribution is -2.50. The molecule has 0 radical (unpaired) electrons. The number of pyridine rings is 1. The van der Waals surface area contributed by atoms with Gasteiger partial charge in [-0.2, -0.15) is 0 Å². The lowest BCUT2D eigenvalue weighted by molar-refractivity contribution is -0.117. The van der Waals surface area contributed by atoms with Crippen molar-refractivity contribution in [2.45, 2.75) is 69.9 Å². The standard InChI is InChI=1S/C28H35N5O4/c1-28(2,3)37-27(36)33-13-5-6-19(16-33)30-15-23(34)31-18-10-8-17-9-11-20(22(17)14-18)24-21-7-4-12-29-25(21)32-26(24)35/h4,7-8,10,12,14,19-20,24,30H,5-6,9,11,13,15-16H2,1-3H3,(H,31,34)(H,29,32,35)/t19-,20?,24?/m0/s1. The number of likely N-dealkylation sites (tertiary alicyclic amines) is 1. The van der Waals surface area contributed by atoms with Crippen molar-refractivity contribution in [3.05, 3.63) is 53.2 Å². The summed E-state index contributed by atoms with van der Waals surface area (Å²) in [7, 11) is 0. The molecule has 0 bridgehead atoms. The van der Waals surface area contributed by atoms with Crippen molar-refractivity contribution in [2.24, 2.45) is 0 Å². The van der Waals surface area contributed by atoms with E-state index < -0.39 is 5.60 Å². The summed E-state index contributed by atoms with van der Waals surface area (Å²) in [6.45, 7) is 6.90. The van der Waals surface area contributed by atoms with Gasteiger partial charge in [-0.05, 0) is 75.8 Å². The number of benzene rings is 1. The number of rotatable bonds is 5. The minimum atomic E-state index is -0.534. The van der Waals surface area contributed by atoms with Gasteiger partial charge >= 0.3 is 6.09 Å². The van der Waals surface area contributed by atoms with Gasteiger partial charge in [0.2, 0.25) is 11.8 Å². The number of carbonyl (C=O) groups is 3. The number of aromatic nitrogens is 1. The number of piperidine rings is 1. The fraction of sp³-hybridized carbons (Fsp3) is 0.500. The third kappa shape index (κ3) is 5.61. The fourth-order valence-electron chi connectivity index (χ4n) is 5.64. The number of ether oxygens (including phenoxy) is 1. The maximum atomic E-state index is 12.8. The van der Waals surface area contributed by atoms with E-state index in [1.54, 1.807) is 11.1 Å². The SMILES string of the molecule is CC(C)(C)OC(=O)N1CCC[C@H](NCC(=O)Nc2ccc3c(c2)C(C2C(=O)Nc4ncccc42)CC3)C1. The minimum Gasteiger partial charge on any atom is -0.444 e. The summed E-state index contributed by atoms with van der Waals surface area (Å²) in [6.07, 6.45) is 4.92. The Morgan fingerprint density at radius 1 is 1.19 bits per heavy atom. The van der Waals surface area contributed by atoms with Gasteiger partial charge in [0.25, 0.3) is 0 Å². The van der Waals surface area contributed by atoms with Crippen LogP contribution in [0.25, 0.3) is 0 Å². The highest BCUT2D eigenvalue weighted by atomic mass is 16.6. The number of nitrogens with one attached hydrogen (secondary N) is 3. The Bertz CT molecular complexity index is 1210. The van der Waals surface area contributed by atoms with Crippen LogP contribution in [0.5, 0.6) is 0 Å². The topological polar surface area (TPSA) is 113 Å². The van der Waals surface area contributed by atoms with Crippen LogP contribution in [0.1, 0.15) is 68.6 Å². The van der Waals surface area contributed by atoms with Gasteiger partial charge in [0.15, 0.2) is 0 Å². The Morgan fingerprint density at radius 2 is 2.03 bits per heavy atom. The molecule has 9 nitrogen and oxygen atoms in total. The maximum Gasteiger partial charge on any atom is 0.410 e. The van der Waals surface area contributed by atoms with Crippen LogP contribution >= 0.6 is 0 Å². The Hall–Kier alpha value is -3.46. The molecular weight excluding hydrogens is 470 g/mol. The van der Waals surface area contributed by atoms with Gasteiger partial charge < -0.3 is 25.6 Å². The van der Waals surface area contributed by atoms with E-state index in [0.29, 0.717) is 18.9 Å². The Labute approximate surface area is 217 Å². The Morgan fingerprint density at radius 3 is 2.84 bits per heavy atom. The molecule has 3 aliphatic rings. The van der Waals surface area contributed by atoms with E-state index in [0.717, 1.165) is 42.5 Å². The number of nitrogens with zero attached hydrogens (tertiary/aromatic N) is 2. The van der Waals surface area contributed by atoms with E-state index in [9.17, 15) is 14.4 Å². The Kier molecular flexibility index (Phi) is 6.90. The number of fused-ring (bicyclic) bond motifs is 2. The van der Waals surface area contributed by atoms with E-state index in [1.807, 2.05) is 45.0 Å². The third-order valence-electron chi connectivity index (χ3n) is 7.28. The summed E-state index contributed by atoms with van der Waals surface area (Å²) in [5.41, 5.74) is 3.46. The second kappa shape index (κ2) is 10.1. The molecule has 2 aromatic rings. The van der Waals surface area contributed by atoms with Gasteiger partial charge in [-0.15, -0.1) is 0 Å². The first kappa shape index (κ1) is 25.2. The van der Waals surface area contributed by atoms with Crippen LogP contribution in [-0.4, -0.2) is 59.1 Å². The summed E-state index contributed by atoms with van der Waals surface area (Å²) >= 11 is 0. The highest BCUT2D eigenvalue weighted by Gasteiger charge is 2.41. The van der Waals surface area contributed by atoms with Crippen molar-refractivity contribution in [3.63, 3.8) is 0 Å². The zero-order chi connectivity index (χ0) is 26.2. The molecule has 3 amide bonds. The molecule has 3 heterocycles. The van der Waals surface area contributed by atoms with Gasteiger partial charge in [-0.25, -0.2) is 9.78 Å². The second-order valence-corrected chi connectivity index (χ2v) is 11.2. The molecule has 2 aliphatic heterocycles. The molecule has 9 heteroatoms. The molecule has 2 unspecified atom stereocenters. The third-order valence-corrected chi connectivity index (χ3v) is 7.28. The second-order valence-electron chi connectivity index (χ2n) is 11.2. The predicted octanol–water partition coefficient (Wildman–Crippen LogP) is 3.77. The summed E-state index contributed by atoms with van der Waals surface area (Å²) in [5, 5.41) is 9.20. The van der Waals surface area contributed by atoms with Crippen LogP contribution in [0.3, 0.4) is 0 Å². The average Bonchev–Trinajstić information content (AvgIpc) is 3.41. The molecular formula is C28H35N5O4. The zero-order valence-electron chi connectivity index (χ0n) is 21.7. The van der Waals surface area contributed by atoms with Gasteiger partial charge in [-0.1, -0.05) is 12.1 Å². The van der Waals surface area contributed by atoms with E-state index in [4.69, 9.17) is 4.74 Å². The van der Waals surface area contributed by atoms with Gasteiger partial charge in [0.1, 0.15) is 11.4 Å². The predicted molar refractivity (Wildman–Crippen MR) is 141 cm³/mol. The van der Waals surface area contributed by atoms with Crippen molar-refractivity contribution >= 4 is 29.4 Å². The lowest BCUT2D eigenvalue weighted by atomic mass is 9.83. The molecule has 1 aromatic carbocycles. The van der Waals surface area contributed by atoms with Crippen molar-refractivity contribution in [3.8, 4) is 0 Å². The number of aryl methyl sites for hydroxylation is 1. The van der Waals surface area contributed by atoms with Crippen LogP contribution in [-0.2, 0) is 20.7 Å². The molecule has 1 saturated heterocycles. The lowest BCUT2D eigenvalue weighted by Gasteiger charge is -2.34. The van der Waals surface area contributed by atoms with E-state index in [2.05, 4.69) is 27.0 Å². The molecule has 3 atom stereocenters. The number of hydrogen-bond acceptors (Lipinski definition) is 6. The first-order chi connectivity index (χ1) is 17.7. The van der Waals surface area contributed by atoms with E-state index >= 15 is 0 Å². The average molecular weight is 506 g/mol. The zero-order valence-corrected chi connectivity index (χ0v) is 21.7. The number of amides is 3. The fourth-order valence-corrected chi connectivity index (χ4v) is 5.64. The molecule has 37 heavy (non-hydrogen) atoms. The molecule has 5 rings (SSSR count). The van der Waals surface area contributed by atoms with Gasteiger partial charge in [0, 0.05) is 42.5 Å². The summed E-state index contributed by atoms with van der Waals surface area (Å²) < 4.78 is 5.49. The molecule has 0 saturated carbocycles. The molecule has 1 fully saturated rings. The molecule has 196 valence electrons. The van der Waals surface area contributed by atoms with Crippen LogP contribution in [0.15, 0.2) is 36.5 Å². The number of anilines is 2. The van der Waals surface area contributed by atoms with Crippen LogP contribution in [0.2, 0.25) is 0 Å². The van der Waals surface area contributed by atoms with Crippen molar-refractivity contribution in [1.29, 1.82) is 0 Å². The van der Waals surface area contributed by atoms with E-state index in [-0.39, 0.29) is 42.3 Å². The van der Waals surface area contributed by atoms with Crippen molar-refractivity contribution in [2.75, 3.05) is 30.3 Å². The normalized spacial score (nSPS) is 22.7. The van der Waals surface area contributed by atoms with Gasteiger partial charge in [0.05, 0.1) is 12.5 Å². The first-order valence-electron chi connectivity index (χ1n) is 13.1. The van der Waals surface area contributed by atoms with Gasteiger partial charge in [-0.3, -0.25) is 9.59 Å². The van der Waals surface area contributed by atoms with E-state index in [1.165, 1.54) is 5.56 Å². The van der Waals surface area contributed by atoms with Crippen molar-refractivity contribution in [1.82, 2.24) is 15.2 Å². The summed E-state index contributed by atoms with van der Waals surface area (Å²) in [4.78, 5) is 44.0. The number of carbonyl (C=O) groups excluding carboxylic acids is 3. The minimum absolute atomic E-state index is 0.0157. The molecule has 1 aromatic heterocycles.